The lowest BCUT2D eigenvalue weighted by atomic mass is 10.1. The highest BCUT2D eigenvalue weighted by molar-refractivity contribution is 6.03. The Morgan fingerprint density at radius 2 is 1.10 bits per heavy atom. The summed E-state index contributed by atoms with van der Waals surface area (Å²) in [5.74, 6) is -2.79. The topological polar surface area (TPSA) is 188 Å². The molecule has 4 aromatic carbocycles. The van der Waals surface area contributed by atoms with Crippen LogP contribution in [0.15, 0.2) is 60.7 Å². The van der Waals surface area contributed by atoms with E-state index in [4.69, 9.17) is 20.9 Å². The zero-order valence-electron chi connectivity index (χ0n) is 25.4. The van der Waals surface area contributed by atoms with Crippen molar-refractivity contribution in [2.45, 2.75) is 13.1 Å². The molecule has 0 atom stereocenters. The van der Waals surface area contributed by atoms with Crippen LogP contribution in [0.3, 0.4) is 0 Å². The average Bonchev–Trinajstić information content (AvgIpc) is 3.63. The SMILES string of the molecule is COc1c(C(N)=O)ccc2c1nc(-c1c(F)cccc1C#N)n2CCn1c(-c2c(F)cccc2C#N)nc2c(OC)c(C(N)=O)ccc21. The molecule has 6 aromatic rings. The number of benzene rings is 4. The number of nitrogens with two attached hydrogens (primary N) is 2. The van der Waals surface area contributed by atoms with Gasteiger partial charge in [0, 0.05) is 13.1 Å². The van der Waals surface area contributed by atoms with Gasteiger partial charge in [0.1, 0.15) is 34.3 Å². The molecule has 238 valence electrons. The average molecular weight is 647 g/mol. The second kappa shape index (κ2) is 12.2. The summed E-state index contributed by atoms with van der Waals surface area (Å²) in [6, 6.07) is 18.1. The summed E-state index contributed by atoms with van der Waals surface area (Å²) >= 11 is 0. The summed E-state index contributed by atoms with van der Waals surface area (Å²) in [7, 11) is 2.67. The minimum absolute atomic E-state index is 0.00292. The number of aryl methyl sites for hydroxylation is 2. The van der Waals surface area contributed by atoms with E-state index in [2.05, 4.69) is 9.97 Å². The minimum atomic E-state index is -0.773. The molecule has 0 saturated carbocycles. The van der Waals surface area contributed by atoms with Gasteiger partial charge in [0.15, 0.2) is 11.5 Å². The van der Waals surface area contributed by atoms with Crippen molar-refractivity contribution in [2.24, 2.45) is 11.5 Å². The molecule has 0 radical (unpaired) electrons. The normalized spacial score (nSPS) is 11.0. The number of fused-ring (bicyclic) bond motifs is 2. The third-order valence-electron chi connectivity index (χ3n) is 7.95. The van der Waals surface area contributed by atoms with Crippen LogP contribution in [0.2, 0.25) is 0 Å². The fourth-order valence-electron chi connectivity index (χ4n) is 5.86. The molecule has 2 aromatic heterocycles. The first kappa shape index (κ1) is 31.2. The van der Waals surface area contributed by atoms with E-state index in [9.17, 15) is 20.1 Å². The first-order valence-corrected chi connectivity index (χ1v) is 14.3. The molecule has 0 saturated heterocycles. The summed E-state index contributed by atoms with van der Waals surface area (Å²) in [6.07, 6.45) is 0. The van der Waals surface area contributed by atoms with Gasteiger partial charge in [-0.2, -0.15) is 10.5 Å². The van der Waals surface area contributed by atoms with Gasteiger partial charge in [0.05, 0.1) is 70.8 Å². The number of carbonyl (C=O) groups excluding carboxylic acids is 2. The molecular weight excluding hydrogens is 622 g/mol. The molecule has 6 rings (SSSR count). The van der Waals surface area contributed by atoms with Gasteiger partial charge < -0.3 is 30.1 Å². The number of methoxy groups -OCH3 is 2. The monoisotopic (exact) mass is 646 g/mol. The first-order chi connectivity index (χ1) is 23.1. The third kappa shape index (κ3) is 4.89. The van der Waals surface area contributed by atoms with Crippen molar-refractivity contribution in [3.05, 3.63) is 94.6 Å². The van der Waals surface area contributed by atoms with Gasteiger partial charge in [-0.05, 0) is 48.5 Å². The van der Waals surface area contributed by atoms with Crippen LogP contribution < -0.4 is 20.9 Å². The Kier molecular flexibility index (Phi) is 7.92. The van der Waals surface area contributed by atoms with Crippen LogP contribution in [-0.4, -0.2) is 45.1 Å². The number of imidazole rings is 2. The second-order valence-corrected chi connectivity index (χ2v) is 10.5. The number of hydrogen-bond acceptors (Lipinski definition) is 8. The van der Waals surface area contributed by atoms with Crippen molar-refractivity contribution in [1.29, 1.82) is 10.5 Å². The minimum Gasteiger partial charge on any atom is -0.494 e. The molecule has 14 heteroatoms. The largest absolute Gasteiger partial charge is 0.494 e. The molecular formula is C34H24F2N8O4. The quantitative estimate of drug-likeness (QED) is 0.227. The van der Waals surface area contributed by atoms with Gasteiger partial charge in [-0.1, -0.05) is 12.1 Å². The van der Waals surface area contributed by atoms with E-state index in [1.807, 2.05) is 12.1 Å². The maximum Gasteiger partial charge on any atom is 0.252 e. The molecule has 0 aliphatic carbocycles. The predicted molar refractivity (Wildman–Crippen MR) is 170 cm³/mol. The van der Waals surface area contributed by atoms with Gasteiger partial charge in [0.2, 0.25) is 0 Å². The third-order valence-corrected chi connectivity index (χ3v) is 7.95. The molecule has 0 aliphatic rings. The molecule has 12 nitrogen and oxygen atoms in total. The molecule has 2 amide bonds. The second-order valence-electron chi connectivity index (χ2n) is 10.5. The molecule has 4 N–H and O–H groups in total. The van der Waals surface area contributed by atoms with E-state index in [1.165, 1.54) is 62.8 Å². The zero-order valence-corrected chi connectivity index (χ0v) is 25.4. The summed E-state index contributed by atoms with van der Waals surface area (Å²) in [4.78, 5) is 33.7. The smallest absolute Gasteiger partial charge is 0.252 e. The molecule has 0 unspecified atom stereocenters. The number of hydrogen-bond donors (Lipinski definition) is 2. The summed E-state index contributed by atoms with van der Waals surface area (Å²) in [5.41, 5.74) is 12.2. The van der Waals surface area contributed by atoms with Crippen molar-refractivity contribution >= 4 is 33.9 Å². The number of carbonyl (C=O) groups is 2. The van der Waals surface area contributed by atoms with Crippen molar-refractivity contribution in [3.8, 4) is 46.4 Å². The summed E-state index contributed by atoms with van der Waals surface area (Å²) < 4.78 is 45.3. The van der Waals surface area contributed by atoms with Crippen molar-refractivity contribution in [3.63, 3.8) is 0 Å². The maximum atomic E-state index is 15.5. The van der Waals surface area contributed by atoms with E-state index < -0.39 is 23.4 Å². The van der Waals surface area contributed by atoms with E-state index in [-0.39, 0.29) is 80.7 Å². The summed E-state index contributed by atoms with van der Waals surface area (Å²) in [5, 5.41) is 19.8. The van der Waals surface area contributed by atoms with Gasteiger partial charge in [0.25, 0.3) is 11.8 Å². The van der Waals surface area contributed by atoms with Gasteiger partial charge in [-0.15, -0.1) is 0 Å². The molecule has 48 heavy (non-hydrogen) atoms. The first-order valence-electron chi connectivity index (χ1n) is 14.3. The van der Waals surface area contributed by atoms with Gasteiger partial charge in [-0.3, -0.25) is 9.59 Å². The highest BCUT2D eigenvalue weighted by Gasteiger charge is 2.27. The molecule has 0 aliphatic heterocycles. The maximum absolute atomic E-state index is 15.5. The number of rotatable bonds is 9. The Morgan fingerprint density at radius 1 is 0.708 bits per heavy atom. The number of nitriles is 2. The number of nitrogens with zero attached hydrogens (tertiary/aromatic N) is 6. The fourth-order valence-corrected chi connectivity index (χ4v) is 5.86. The molecule has 0 fully saturated rings. The zero-order chi connectivity index (χ0) is 34.3. The Morgan fingerprint density at radius 3 is 1.44 bits per heavy atom. The van der Waals surface area contributed by atoms with Crippen LogP contribution in [0.1, 0.15) is 31.8 Å². The van der Waals surface area contributed by atoms with Crippen LogP contribution in [0.4, 0.5) is 8.78 Å². The van der Waals surface area contributed by atoms with Gasteiger partial charge >= 0.3 is 0 Å². The number of amides is 2. The van der Waals surface area contributed by atoms with E-state index in [0.29, 0.717) is 11.0 Å². The van der Waals surface area contributed by atoms with Crippen LogP contribution >= 0.6 is 0 Å². The Bertz CT molecular complexity index is 2230. The lowest BCUT2D eigenvalue weighted by Crippen LogP contribution is -2.13. The van der Waals surface area contributed by atoms with Crippen LogP contribution in [-0.2, 0) is 13.1 Å². The summed E-state index contributed by atoms with van der Waals surface area (Å²) in [6.45, 7) is 0.0254. The molecule has 0 bridgehead atoms. The van der Waals surface area contributed by atoms with Crippen molar-refractivity contribution in [1.82, 2.24) is 19.1 Å². The lowest BCUT2D eigenvalue weighted by molar-refractivity contribution is 0.0989. The predicted octanol–water partition coefficient (Wildman–Crippen LogP) is 4.66. The van der Waals surface area contributed by atoms with Crippen LogP contribution in [0.5, 0.6) is 11.5 Å². The number of halogens is 2. The highest BCUT2D eigenvalue weighted by Crippen LogP contribution is 2.38. The number of primary amides is 2. The van der Waals surface area contributed by atoms with E-state index >= 15 is 8.78 Å². The van der Waals surface area contributed by atoms with Crippen LogP contribution in [0.25, 0.3) is 44.8 Å². The highest BCUT2D eigenvalue weighted by atomic mass is 19.1. The molecule has 0 spiro atoms. The fraction of sp³-hybridized carbons (Fsp3) is 0.118. The Hall–Kier alpha value is -6.80. The standard InChI is InChI=1S/C34H24F2N8O4/c1-47-29-19(31(39)45)9-11-23-27(29)41-33(25-17(15-37)5-3-7-21(25)35)43(23)13-14-44-24-12-10-20(32(40)46)30(48-2)28(24)42-34(44)26-18(16-38)6-4-8-22(26)36/h3-12H,13-14H2,1-2H3,(H2,39,45)(H2,40,46). The van der Waals surface area contributed by atoms with E-state index in [1.54, 1.807) is 21.3 Å². The molecule has 2 heterocycles. The van der Waals surface area contributed by atoms with Crippen LogP contribution in [0, 0.1) is 34.3 Å². The van der Waals surface area contributed by atoms with Crippen molar-refractivity contribution in [2.75, 3.05) is 14.2 Å². The Balaban J connectivity index is 1.64. The van der Waals surface area contributed by atoms with Crippen molar-refractivity contribution < 1.29 is 27.8 Å². The van der Waals surface area contributed by atoms with Gasteiger partial charge in [-0.25, -0.2) is 18.7 Å². The number of ether oxygens (including phenoxy) is 2. The number of aromatic nitrogens is 4. The lowest BCUT2D eigenvalue weighted by Gasteiger charge is -2.15. The Labute approximate surface area is 271 Å². The van der Waals surface area contributed by atoms with E-state index in [0.717, 1.165) is 0 Å².